The van der Waals surface area contributed by atoms with E-state index in [0.717, 1.165) is 11.1 Å². The van der Waals surface area contributed by atoms with Crippen molar-refractivity contribution in [1.82, 2.24) is 14.0 Å². The zero-order valence-electron chi connectivity index (χ0n) is 22.0. The Morgan fingerprint density at radius 3 is 2.03 bits per heavy atom. The molecule has 3 aromatic carbocycles. The number of fused-ring (bicyclic) bond motifs is 4. The maximum Gasteiger partial charge on any atom is 0.218 e. The molecule has 0 saturated carbocycles. The van der Waals surface area contributed by atoms with Crippen LogP contribution in [0.3, 0.4) is 0 Å². The average molecular weight is 500 g/mol. The molecule has 0 N–H and O–H groups in total. The second kappa shape index (κ2) is 8.91. The molecule has 2 aromatic heterocycles. The third-order valence-corrected chi connectivity index (χ3v) is 5.84. The predicted molar refractivity (Wildman–Crippen MR) is 144 cm³/mol. The molecule has 190 valence electrons. The lowest BCUT2D eigenvalue weighted by molar-refractivity contribution is 0.547. The van der Waals surface area contributed by atoms with Gasteiger partial charge in [-0.2, -0.15) is 0 Å². The number of hydrogen-bond donors (Lipinski definition) is 0. The number of hydrogen-bond acceptors (Lipinski definition) is 3. The lowest BCUT2D eigenvalue weighted by atomic mass is 10.1. The SMILES string of the molecule is CC(C)(C)N=c1c2cc(F)ccc2n2c(=NC(C)(C)C)c3ccc(F)cc3nc2n1Cc1ccccc1. The number of halogens is 2. The highest BCUT2D eigenvalue weighted by molar-refractivity contribution is 5.84. The van der Waals surface area contributed by atoms with Gasteiger partial charge in [-0.15, -0.1) is 0 Å². The van der Waals surface area contributed by atoms with Gasteiger partial charge >= 0.3 is 0 Å². The van der Waals surface area contributed by atoms with Crippen LogP contribution >= 0.6 is 0 Å². The molecule has 5 aromatic rings. The van der Waals surface area contributed by atoms with Gasteiger partial charge in [0, 0.05) is 16.8 Å². The molecule has 0 amide bonds. The highest BCUT2D eigenvalue weighted by Crippen LogP contribution is 2.20. The minimum Gasteiger partial charge on any atom is -0.291 e. The van der Waals surface area contributed by atoms with Gasteiger partial charge in [-0.1, -0.05) is 30.3 Å². The quantitative estimate of drug-likeness (QED) is 0.212. The summed E-state index contributed by atoms with van der Waals surface area (Å²) in [5, 5.41) is 1.36. The molecule has 2 heterocycles. The fraction of sp³-hybridized carbons (Fsp3) is 0.300. The lowest BCUT2D eigenvalue weighted by Gasteiger charge is -2.21. The van der Waals surface area contributed by atoms with Crippen molar-refractivity contribution in [2.75, 3.05) is 0 Å². The maximum absolute atomic E-state index is 14.7. The van der Waals surface area contributed by atoms with Gasteiger partial charge < -0.3 is 0 Å². The predicted octanol–water partition coefficient (Wildman–Crippen LogP) is 6.17. The number of rotatable bonds is 2. The molecule has 0 bridgehead atoms. The van der Waals surface area contributed by atoms with E-state index in [1.807, 2.05) is 80.8 Å². The highest BCUT2D eigenvalue weighted by Gasteiger charge is 2.19. The van der Waals surface area contributed by atoms with Crippen molar-refractivity contribution in [2.45, 2.75) is 59.2 Å². The van der Waals surface area contributed by atoms with Crippen LogP contribution in [0.5, 0.6) is 0 Å². The molecule has 0 aliphatic heterocycles. The first-order valence-electron chi connectivity index (χ1n) is 12.4. The van der Waals surface area contributed by atoms with Crippen LogP contribution in [0.1, 0.15) is 47.1 Å². The van der Waals surface area contributed by atoms with Gasteiger partial charge in [-0.05, 0) is 77.4 Å². The molecule has 5 nitrogen and oxygen atoms in total. The topological polar surface area (TPSA) is 46.9 Å². The monoisotopic (exact) mass is 499 g/mol. The average Bonchev–Trinajstić information content (AvgIpc) is 2.80. The Kier molecular flexibility index (Phi) is 5.97. The summed E-state index contributed by atoms with van der Waals surface area (Å²) in [5.41, 5.74) is 2.61. The Labute approximate surface area is 214 Å². The highest BCUT2D eigenvalue weighted by atomic mass is 19.1. The van der Waals surface area contributed by atoms with Crippen LogP contribution in [0.4, 0.5) is 8.78 Å². The van der Waals surface area contributed by atoms with Crippen LogP contribution in [0.25, 0.3) is 27.6 Å². The Bertz CT molecular complexity index is 1780. The minimum absolute atomic E-state index is 0.353. The van der Waals surface area contributed by atoms with E-state index in [9.17, 15) is 8.78 Å². The number of benzene rings is 3. The van der Waals surface area contributed by atoms with Crippen LogP contribution in [-0.2, 0) is 6.54 Å². The van der Waals surface area contributed by atoms with E-state index in [1.165, 1.54) is 24.3 Å². The Morgan fingerprint density at radius 2 is 1.35 bits per heavy atom. The van der Waals surface area contributed by atoms with E-state index in [0.29, 0.717) is 39.6 Å². The standard InChI is InChI=1S/C30H31F2N5/c1-29(2,3)34-26-23-16-20(31)13-15-25(23)37-27(35-30(4,5)6)22-14-12-21(32)17-24(22)33-28(37)36(26)18-19-10-8-7-9-11-19/h7-17H,18H2,1-6H3. The van der Waals surface area contributed by atoms with E-state index < -0.39 is 11.1 Å². The van der Waals surface area contributed by atoms with E-state index in [2.05, 4.69) is 0 Å². The van der Waals surface area contributed by atoms with E-state index in [-0.39, 0.29) is 11.6 Å². The van der Waals surface area contributed by atoms with Gasteiger partial charge in [0.25, 0.3) is 0 Å². The molecular formula is C30H31F2N5. The van der Waals surface area contributed by atoms with Gasteiger partial charge in [0.15, 0.2) is 0 Å². The maximum atomic E-state index is 14.7. The first-order chi connectivity index (χ1) is 17.4. The number of nitrogens with zero attached hydrogens (tertiary/aromatic N) is 5. The van der Waals surface area contributed by atoms with Crippen LogP contribution in [0, 0.1) is 11.6 Å². The molecule has 7 heteroatoms. The summed E-state index contributed by atoms with van der Waals surface area (Å²) < 4.78 is 33.1. The first kappa shape index (κ1) is 24.8. The van der Waals surface area contributed by atoms with E-state index in [1.54, 1.807) is 12.1 Å². The van der Waals surface area contributed by atoms with Crippen molar-refractivity contribution in [3.63, 3.8) is 0 Å². The van der Waals surface area contributed by atoms with Crippen molar-refractivity contribution >= 4 is 27.6 Å². The van der Waals surface area contributed by atoms with E-state index >= 15 is 0 Å². The fourth-order valence-electron chi connectivity index (χ4n) is 4.46. The van der Waals surface area contributed by atoms with E-state index in [4.69, 9.17) is 15.0 Å². The first-order valence-corrected chi connectivity index (χ1v) is 12.4. The lowest BCUT2D eigenvalue weighted by Crippen LogP contribution is -2.34. The van der Waals surface area contributed by atoms with Crippen molar-refractivity contribution < 1.29 is 8.78 Å². The van der Waals surface area contributed by atoms with Gasteiger partial charge in [0.2, 0.25) is 5.78 Å². The third-order valence-electron chi connectivity index (χ3n) is 5.84. The van der Waals surface area contributed by atoms with Gasteiger partial charge in [0.05, 0.1) is 28.7 Å². The molecular weight excluding hydrogens is 468 g/mol. The molecule has 0 aliphatic rings. The van der Waals surface area contributed by atoms with Crippen molar-refractivity contribution in [2.24, 2.45) is 9.98 Å². The summed E-state index contributed by atoms with van der Waals surface area (Å²) in [6.45, 7) is 12.5. The van der Waals surface area contributed by atoms with Crippen LogP contribution in [0.15, 0.2) is 76.7 Å². The molecule has 0 radical (unpaired) electrons. The fourth-order valence-corrected chi connectivity index (χ4v) is 4.46. The second-order valence-corrected chi connectivity index (χ2v) is 11.4. The molecule has 5 rings (SSSR count). The Morgan fingerprint density at radius 1 is 0.730 bits per heavy atom. The second-order valence-electron chi connectivity index (χ2n) is 11.4. The van der Waals surface area contributed by atoms with Crippen molar-refractivity contribution in [3.8, 4) is 0 Å². The smallest absolute Gasteiger partial charge is 0.218 e. The largest absolute Gasteiger partial charge is 0.291 e. The molecule has 0 aliphatic carbocycles. The van der Waals surface area contributed by atoms with Crippen LogP contribution in [-0.4, -0.2) is 25.0 Å². The van der Waals surface area contributed by atoms with Crippen LogP contribution in [0.2, 0.25) is 0 Å². The number of aromatic nitrogens is 3. The normalized spacial score (nSPS) is 13.8. The summed E-state index contributed by atoms with van der Waals surface area (Å²) in [5.74, 6) is -0.176. The van der Waals surface area contributed by atoms with Crippen LogP contribution < -0.4 is 11.0 Å². The summed E-state index contributed by atoms with van der Waals surface area (Å²) in [7, 11) is 0. The summed E-state index contributed by atoms with van der Waals surface area (Å²) in [6, 6.07) is 19.2. The summed E-state index contributed by atoms with van der Waals surface area (Å²) >= 11 is 0. The van der Waals surface area contributed by atoms with Gasteiger partial charge in [-0.25, -0.2) is 13.8 Å². The van der Waals surface area contributed by atoms with Crippen molar-refractivity contribution in [3.05, 3.63) is 94.9 Å². The van der Waals surface area contributed by atoms with Crippen molar-refractivity contribution in [1.29, 1.82) is 0 Å². The molecule has 0 fully saturated rings. The van der Waals surface area contributed by atoms with Gasteiger partial charge in [-0.3, -0.25) is 19.0 Å². The zero-order chi connectivity index (χ0) is 26.5. The molecule has 0 atom stereocenters. The summed E-state index contributed by atoms with van der Waals surface area (Å²) in [4.78, 5) is 15.1. The zero-order valence-corrected chi connectivity index (χ0v) is 22.0. The Hall–Kier alpha value is -3.87. The minimum atomic E-state index is -0.447. The Balaban J connectivity index is 2.13. The van der Waals surface area contributed by atoms with Gasteiger partial charge in [0.1, 0.15) is 22.6 Å². The molecule has 0 spiro atoms. The molecule has 0 saturated heterocycles. The molecule has 0 unspecified atom stereocenters. The molecule has 37 heavy (non-hydrogen) atoms. The third kappa shape index (κ3) is 5.03. The summed E-state index contributed by atoms with van der Waals surface area (Å²) in [6.07, 6.45) is 0.